The van der Waals surface area contributed by atoms with Gasteiger partial charge < -0.3 is 18.0 Å². The number of fused-ring (bicyclic) bond motifs is 3. The molecule has 3 atom stereocenters. The third-order valence-corrected chi connectivity index (χ3v) is 16.6. The maximum Gasteiger partial charge on any atom is 0.198 e. The molecule has 1 heterocycles. The average molecular weight is 477 g/mol. The van der Waals surface area contributed by atoms with E-state index in [1.165, 1.54) is 0 Å². The minimum absolute atomic E-state index is 0.00920. The Hall–Kier alpha value is -1.26. The number of para-hydroxylation sites is 1. The van der Waals surface area contributed by atoms with Gasteiger partial charge in [-0.05, 0) is 42.3 Å². The van der Waals surface area contributed by atoms with E-state index in [9.17, 15) is 4.79 Å². The van der Waals surface area contributed by atoms with Crippen molar-refractivity contribution in [3.05, 3.63) is 35.6 Å². The molecule has 0 saturated heterocycles. The molecule has 3 rings (SSSR count). The number of methoxy groups -OCH3 is 1. The first kappa shape index (κ1) is 25.4. The van der Waals surface area contributed by atoms with Crippen molar-refractivity contribution in [1.29, 1.82) is 0 Å². The Morgan fingerprint density at radius 3 is 1.91 bits per heavy atom. The summed E-state index contributed by atoms with van der Waals surface area (Å²) in [6, 6.07) is 7.68. The largest absolute Gasteiger partial charge is 0.457 e. The Bertz CT molecular complexity index is 994. The van der Waals surface area contributed by atoms with Crippen molar-refractivity contribution in [2.45, 2.75) is 96.1 Å². The number of benzene rings is 1. The van der Waals surface area contributed by atoms with Crippen LogP contribution in [-0.4, -0.2) is 41.7 Å². The molecule has 1 aromatic carbocycles. The van der Waals surface area contributed by atoms with Gasteiger partial charge in [0.15, 0.2) is 22.4 Å². The third-order valence-electron chi connectivity index (χ3n) is 7.70. The second-order valence-electron chi connectivity index (χ2n) is 12.0. The molecule has 0 N–H and O–H groups in total. The molecule has 0 fully saturated rings. The van der Waals surface area contributed by atoms with Gasteiger partial charge in [-0.1, -0.05) is 59.7 Å². The molecule has 0 amide bonds. The predicted octanol–water partition coefficient (Wildman–Crippen LogP) is 7.10. The van der Waals surface area contributed by atoms with Gasteiger partial charge in [-0.3, -0.25) is 4.79 Å². The molecule has 0 spiro atoms. The quantitative estimate of drug-likeness (QED) is 0.431. The van der Waals surface area contributed by atoms with E-state index in [0.717, 1.165) is 5.39 Å². The van der Waals surface area contributed by atoms with Crippen molar-refractivity contribution >= 4 is 33.4 Å². The monoisotopic (exact) mass is 476 g/mol. The highest BCUT2D eigenvalue weighted by Crippen LogP contribution is 2.48. The molecule has 1 aliphatic rings. The lowest BCUT2D eigenvalue weighted by Gasteiger charge is -2.47. The summed E-state index contributed by atoms with van der Waals surface area (Å²) in [4.78, 5) is 13.7. The molecule has 7 heteroatoms. The van der Waals surface area contributed by atoms with Gasteiger partial charge in [-0.2, -0.15) is 0 Å². The van der Waals surface area contributed by atoms with E-state index in [4.69, 9.17) is 18.0 Å². The summed E-state index contributed by atoms with van der Waals surface area (Å²) in [7, 11) is -2.89. The van der Waals surface area contributed by atoms with Gasteiger partial charge >= 0.3 is 0 Å². The SMILES string of the molecule is CO[C@@H]1C(=O)c2c(oc3ccccc23)[C@H](O[Si](C)(C)C(C)(C)C)[C@H]1O[Si](C)(C)C(C)(C)C. The van der Waals surface area contributed by atoms with Gasteiger partial charge in [-0.25, -0.2) is 0 Å². The Morgan fingerprint density at radius 2 is 1.38 bits per heavy atom. The number of ketones is 1. The van der Waals surface area contributed by atoms with Crippen molar-refractivity contribution in [3.63, 3.8) is 0 Å². The van der Waals surface area contributed by atoms with Crippen LogP contribution in [0, 0.1) is 0 Å². The van der Waals surface area contributed by atoms with Gasteiger partial charge in [0.1, 0.15) is 29.7 Å². The van der Waals surface area contributed by atoms with E-state index in [-0.39, 0.29) is 15.9 Å². The lowest BCUT2D eigenvalue weighted by atomic mass is 9.88. The average Bonchev–Trinajstić information content (AvgIpc) is 3.03. The first-order valence-corrected chi connectivity index (χ1v) is 17.3. The number of Topliss-reactive ketones (excluding diaryl/α,β-unsaturated/α-hetero) is 1. The van der Waals surface area contributed by atoms with Crippen LogP contribution in [0.4, 0.5) is 0 Å². The third kappa shape index (κ3) is 4.30. The Balaban J connectivity index is 2.22. The van der Waals surface area contributed by atoms with Crippen molar-refractivity contribution in [3.8, 4) is 0 Å². The van der Waals surface area contributed by atoms with Crippen LogP contribution in [0.1, 0.15) is 63.8 Å². The first-order valence-electron chi connectivity index (χ1n) is 11.5. The zero-order valence-corrected chi connectivity index (χ0v) is 23.6. The van der Waals surface area contributed by atoms with E-state index in [1.54, 1.807) is 7.11 Å². The molecule has 0 unspecified atom stereocenters. The van der Waals surface area contributed by atoms with Crippen LogP contribution in [0.3, 0.4) is 0 Å². The number of ether oxygens (including phenoxy) is 1. The summed E-state index contributed by atoms with van der Waals surface area (Å²) in [6.45, 7) is 22.1. The molecule has 0 saturated carbocycles. The van der Waals surface area contributed by atoms with Crippen LogP contribution >= 0.6 is 0 Å². The van der Waals surface area contributed by atoms with Gasteiger partial charge in [-0.15, -0.1) is 0 Å². The van der Waals surface area contributed by atoms with E-state index in [2.05, 4.69) is 67.7 Å². The summed E-state index contributed by atoms with van der Waals surface area (Å²) >= 11 is 0. The molecule has 2 aromatic rings. The van der Waals surface area contributed by atoms with Gasteiger partial charge in [0.25, 0.3) is 0 Å². The van der Waals surface area contributed by atoms with Crippen molar-refractivity contribution in [2.75, 3.05) is 7.11 Å². The molecular formula is C25H40O5Si2. The van der Waals surface area contributed by atoms with Gasteiger partial charge in [0.2, 0.25) is 0 Å². The summed E-state index contributed by atoms with van der Waals surface area (Å²) in [5.41, 5.74) is 1.27. The summed E-state index contributed by atoms with van der Waals surface area (Å²) in [6.07, 6.45) is -1.81. The van der Waals surface area contributed by atoms with Crippen molar-refractivity contribution in [1.82, 2.24) is 0 Å². The van der Waals surface area contributed by atoms with Crippen molar-refractivity contribution < 1.29 is 22.8 Å². The Morgan fingerprint density at radius 1 is 0.844 bits per heavy atom. The van der Waals surface area contributed by atoms with E-state index >= 15 is 0 Å². The predicted molar refractivity (Wildman–Crippen MR) is 134 cm³/mol. The van der Waals surface area contributed by atoms with Crippen LogP contribution in [0.2, 0.25) is 36.3 Å². The minimum atomic E-state index is -2.24. The van der Waals surface area contributed by atoms with E-state index < -0.39 is 34.9 Å². The fourth-order valence-corrected chi connectivity index (χ4v) is 6.13. The maximum atomic E-state index is 13.7. The zero-order chi connectivity index (χ0) is 24.3. The van der Waals surface area contributed by atoms with Gasteiger partial charge in [0.05, 0.1) is 5.56 Å². The Kier molecular flexibility index (Phi) is 6.50. The van der Waals surface area contributed by atoms with Crippen LogP contribution < -0.4 is 0 Å². The molecule has 0 radical (unpaired) electrons. The molecule has 32 heavy (non-hydrogen) atoms. The van der Waals surface area contributed by atoms with Crippen molar-refractivity contribution in [2.24, 2.45) is 0 Å². The topological polar surface area (TPSA) is 57.9 Å². The highest BCUT2D eigenvalue weighted by Gasteiger charge is 2.53. The summed E-state index contributed by atoms with van der Waals surface area (Å²) < 4.78 is 26.0. The highest BCUT2D eigenvalue weighted by atomic mass is 28.4. The number of hydrogen-bond donors (Lipinski definition) is 0. The number of rotatable bonds is 5. The molecule has 178 valence electrons. The second kappa shape index (κ2) is 8.20. The Labute approximate surface area is 195 Å². The molecular weight excluding hydrogens is 436 g/mol. The molecule has 0 bridgehead atoms. The number of furan rings is 1. The summed E-state index contributed by atoms with van der Waals surface area (Å²) in [5, 5.41) is 0.776. The standard InChI is InChI=1S/C25H40O5Si2/c1-24(2,3)31(8,9)29-22-20-18(16-14-12-13-15-17(16)28-20)19(26)21(27-7)23(22)30-32(10,11)25(4,5)6/h12-15,21-23H,1-11H3/t21-,22+,23+/m1/s1. The number of hydrogen-bond acceptors (Lipinski definition) is 5. The van der Waals surface area contributed by atoms with Crippen LogP contribution in [0.15, 0.2) is 28.7 Å². The highest BCUT2D eigenvalue weighted by molar-refractivity contribution is 6.74. The first-order chi connectivity index (χ1) is 14.5. The van der Waals surface area contributed by atoms with Crippen LogP contribution in [0.25, 0.3) is 11.0 Å². The molecule has 0 aliphatic heterocycles. The van der Waals surface area contributed by atoms with Gasteiger partial charge in [0, 0.05) is 12.5 Å². The zero-order valence-electron chi connectivity index (χ0n) is 21.6. The lowest BCUT2D eigenvalue weighted by molar-refractivity contribution is -0.0625. The normalized spacial score (nSPS) is 23.0. The maximum absolute atomic E-state index is 13.7. The minimum Gasteiger partial charge on any atom is -0.457 e. The van der Waals surface area contributed by atoms with E-state index in [0.29, 0.717) is 16.9 Å². The van der Waals surface area contributed by atoms with E-state index in [1.807, 2.05) is 24.3 Å². The van der Waals surface area contributed by atoms with Crippen LogP contribution in [0.5, 0.6) is 0 Å². The molecule has 1 aliphatic carbocycles. The molecule has 5 nitrogen and oxygen atoms in total. The smallest absolute Gasteiger partial charge is 0.198 e. The fourth-order valence-electron chi connectivity index (χ4n) is 3.61. The number of carbonyl (C=O) groups excluding carboxylic acids is 1. The molecule has 1 aromatic heterocycles. The number of carbonyl (C=O) groups is 1. The fraction of sp³-hybridized carbons (Fsp3) is 0.640. The second-order valence-corrected chi connectivity index (χ2v) is 21.5. The summed E-state index contributed by atoms with van der Waals surface area (Å²) in [5.74, 6) is 0.490. The lowest BCUT2D eigenvalue weighted by Crippen LogP contribution is -2.56. The van der Waals surface area contributed by atoms with Crippen LogP contribution in [-0.2, 0) is 13.6 Å².